The van der Waals surface area contributed by atoms with E-state index in [2.05, 4.69) is 24.7 Å². The Morgan fingerprint density at radius 2 is 2.47 bits per heavy atom. The Kier molecular flexibility index (Phi) is 2.94. The maximum Gasteiger partial charge on any atom is 0.221 e. The zero-order chi connectivity index (χ0) is 10.5. The second kappa shape index (κ2) is 4.56. The first-order valence-corrected chi connectivity index (χ1v) is 4.64. The van der Waals surface area contributed by atoms with E-state index in [1.807, 2.05) is 25.3 Å². The summed E-state index contributed by atoms with van der Waals surface area (Å²) in [5.41, 5.74) is 0.994. The first kappa shape index (κ1) is 9.67. The largest absolute Gasteiger partial charge is 0.361 e. The highest BCUT2D eigenvalue weighted by molar-refractivity contribution is 5.89. The maximum atomic E-state index is 4.67. The van der Waals surface area contributed by atoms with Gasteiger partial charge in [-0.1, -0.05) is 0 Å². The number of aromatic nitrogens is 2. The Morgan fingerprint density at radius 3 is 3.33 bits per heavy atom. The normalized spacial score (nSPS) is 11.3. The molecule has 15 heavy (non-hydrogen) atoms. The molecule has 5 heteroatoms. The highest BCUT2D eigenvalue weighted by Gasteiger charge is 1.99. The van der Waals surface area contributed by atoms with Crippen LogP contribution >= 0.6 is 0 Å². The molecule has 0 fully saturated rings. The highest BCUT2D eigenvalue weighted by atomic mass is 17.2. The zero-order valence-electron chi connectivity index (χ0n) is 8.30. The van der Waals surface area contributed by atoms with Gasteiger partial charge < -0.3 is 9.87 Å². The number of aromatic amines is 1. The molecule has 0 aliphatic carbocycles. The van der Waals surface area contributed by atoms with Crippen LogP contribution in [0.1, 0.15) is 6.92 Å². The molecule has 0 radical (unpaired) electrons. The van der Waals surface area contributed by atoms with Gasteiger partial charge in [0.25, 0.3) is 0 Å². The molecule has 2 aromatic rings. The molecule has 5 nitrogen and oxygen atoms in total. The first-order valence-electron chi connectivity index (χ1n) is 4.64. The van der Waals surface area contributed by atoms with E-state index in [0.29, 0.717) is 12.4 Å². The van der Waals surface area contributed by atoms with Crippen molar-refractivity contribution in [2.45, 2.75) is 6.92 Å². The number of pyridine rings is 1. The second-order valence-electron chi connectivity index (χ2n) is 2.81. The van der Waals surface area contributed by atoms with Gasteiger partial charge in [-0.15, -0.1) is 0 Å². The van der Waals surface area contributed by atoms with Crippen LogP contribution in [-0.2, 0) is 9.78 Å². The van der Waals surface area contributed by atoms with E-state index in [9.17, 15) is 0 Å². The minimum absolute atomic E-state index is 0.480. The molecule has 0 amide bonds. The van der Waals surface area contributed by atoms with Crippen molar-refractivity contribution in [3.8, 4) is 0 Å². The van der Waals surface area contributed by atoms with Gasteiger partial charge in [0.05, 0.1) is 12.1 Å². The average Bonchev–Trinajstić information content (AvgIpc) is 2.73. The lowest BCUT2D eigenvalue weighted by atomic mass is 10.3. The van der Waals surface area contributed by atoms with Crippen LogP contribution in [0.4, 0.5) is 5.82 Å². The topological polar surface area (TPSA) is 59.5 Å². The van der Waals surface area contributed by atoms with Crippen molar-refractivity contribution in [2.75, 3.05) is 6.61 Å². The van der Waals surface area contributed by atoms with Crippen molar-refractivity contribution < 1.29 is 9.78 Å². The van der Waals surface area contributed by atoms with Gasteiger partial charge in [0.1, 0.15) is 0 Å². The molecule has 0 spiro atoms. The third-order valence-electron chi connectivity index (χ3n) is 1.86. The minimum Gasteiger partial charge on any atom is -0.361 e. The van der Waals surface area contributed by atoms with Crippen LogP contribution in [0, 0.1) is 0 Å². The molecule has 0 aliphatic rings. The predicted octanol–water partition coefficient (Wildman–Crippen LogP) is 2.19. The number of rotatable bonds is 4. The van der Waals surface area contributed by atoms with Crippen molar-refractivity contribution in [1.29, 1.82) is 0 Å². The lowest BCUT2D eigenvalue weighted by Crippen LogP contribution is -1.89. The molecule has 0 aliphatic heterocycles. The number of hydrogen-bond acceptors (Lipinski definition) is 4. The summed E-state index contributed by atoms with van der Waals surface area (Å²) in [7, 11) is 0. The minimum atomic E-state index is 0.480. The summed E-state index contributed by atoms with van der Waals surface area (Å²) in [6, 6.07) is 3.80. The standard InChI is InChI=1S/C10H11N3O2/c1-2-14-15-7-13-10-8-3-5-11-9(8)4-6-12-10/h3-7,11H,2H2,1H3. The van der Waals surface area contributed by atoms with E-state index >= 15 is 0 Å². The van der Waals surface area contributed by atoms with Crippen LogP contribution in [-0.4, -0.2) is 23.0 Å². The van der Waals surface area contributed by atoms with E-state index in [1.165, 1.54) is 6.40 Å². The van der Waals surface area contributed by atoms with E-state index < -0.39 is 0 Å². The van der Waals surface area contributed by atoms with Gasteiger partial charge in [-0.25, -0.2) is 4.98 Å². The summed E-state index contributed by atoms with van der Waals surface area (Å²) in [6.07, 6.45) is 4.76. The fourth-order valence-electron chi connectivity index (χ4n) is 1.24. The quantitative estimate of drug-likeness (QED) is 0.273. The van der Waals surface area contributed by atoms with Gasteiger partial charge in [-0.2, -0.15) is 9.88 Å². The number of aliphatic imine (C=N–C) groups is 1. The van der Waals surface area contributed by atoms with Crippen LogP contribution in [0.2, 0.25) is 0 Å². The Balaban J connectivity index is 2.20. The van der Waals surface area contributed by atoms with Crippen LogP contribution in [0.25, 0.3) is 10.9 Å². The average molecular weight is 205 g/mol. The third-order valence-corrected chi connectivity index (χ3v) is 1.86. The van der Waals surface area contributed by atoms with Crippen molar-refractivity contribution in [1.82, 2.24) is 9.97 Å². The molecule has 0 saturated heterocycles. The van der Waals surface area contributed by atoms with E-state index in [-0.39, 0.29) is 0 Å². The van der Waals surface area contributed by atoms with Gasteiger partial charge >= 0.3 is 0 Å². The zero-order valence-corrected chi connectivity index (χ0v) is 8.30. The van der Waals surface area contributed by atoms with E-state index in [4.69, 9.17) is 0 Å². The molecule has 0 bridgehead atoms. The monoisotopic (exact) mass is 205 g/mol. The summed E-state index contributed by atoms with van der Waals surface area (Å²) < 4.78 is 0. The number of fused-ring (bicyclic) bond motifs is 1. The molecule has 2 rings (SSSR count). The van der Waals surface area contributed by atoms with Crippen molar-refractivity contribution in [3.05, 3.63) is 24.5 Å². The Labute approximate surface area is 86.7 Å². The van der Waals surface area contributed by atoms with E-state index in [1.54, 1.807) is 6.20 Å². The van der Waals surface area contributed by atoms with E-state index in [0.717, 1.165) is 10.9 Å². The third kappa shape index (κ3) is 2.13. The van der Waals surface area contributed by atoms with Gasteiger partial charge in [0.15, 0.2) is 5.82 Å². The molecule has 78 valence electrons. The molecule has 2 heterocycles. The summed E-state index contributed by atoms with van der Waals surface area (Å²) in [5.74, 6) is 0.605. The highest BCUT2D eigenvalue weighted by Crippen LogP contribution is 2.21. The molecular formula is C10H11N3O2. The smallest absolute Gasteiger partial charge is 0.221 e. The Bertz CT molecular complexity index is 464. The predicted molar refractivity (Wildman–Crippen MR) is 57.0 cm³/mol. The fraction of sp³-hybridized carbons (Fsp3) is 0.200. The molecular weight excluding hydrogens is 194 g/mol. The van der Waals surface area contributed by atoms with Crippen molar-refractivity contribution in [2.24, 2.45) is 4.99 Å². The number of H-pyrrole nitrogens is 1. The molecule has 2 aromatic heterocycles. The summed E-state index contributed by atoms with van der Waals surface area (Å²) in [6.45, 7) is 2.31. The summed E-state index contributed by atoms with van der Waals surface area (Å²) in [5, 5.41) is 0.953. The number of nitrogens with zero attached hydrogens (tertiary/aromatic N) is 2. The van der Waals surface area contributed by atoms with Gasteiger partial charge in [-0.05, 0) is 19.1 Å². The number of hydrogen-bond donors (Lipinski definition) is 1. The van der Waals surface area contributed by atoms with Crippen molar-refractivity contribution >= 4 is 23.1 Å². The second-order valence-corrected chi connectivity index (χ2v) is 2.81. The molecule has 0 atom stereocenters. The summed E-state index contributed by atoms with van der Waals surface area (Å²) >= 11 is 0. The molecule has 0 saturated carbocycles. The number of nitrogens with one attached hydrogen (secondary N) is 1. The molecule has 0 aromatic carbocycles. The van der Waals surface area contributed by atoms with Crippen molar-refractivity contribution in [3.63, 3.8) is 0 Å². The van der Waals surface area contributed by atoms with Crippen LogP contribution < -0.4 is 0 Å². The van der Waals surface area contributed by atoms with Gasteiger partial charge in [0, 0.05) is 17.8 Å². The lowest BCUT2D eigenvalue weighted by Gasteiger charge is -1.96. The Morgan fingerprint density at radius 1 is 1.53 bits per heavy atom. The van der Waals surface area contributed by atoms with Crippen LogP contribution in [0.5, 0.6) is 0 Å². The van der Waals surface area contributed by atoms with Gasteiger partial charge in [0.2, 0.25) is 6.40 Å². The fourth-order valence-corrected chi connectivity index (χ4v) is 1.24. The summed E-state index contributed by atoms with van der Waals surface area (Å²) in [4.78, 5) is 20.6. The molecule has 0 unspecified atom stereocenters. The van der Waals surface area contributed by atoms with Crippen LogP contribution in [0.15, 0.2) is 29.5 Å². The van der Waals surface area contributed by atoms with Gasteiger partial charge in [-0.3, -0.25) is 0 Å². The van der Waals surface area contributed by atoms with Crippen LogP contribution in [0.3, 0.4) is 0 Å². The lowest BCUT2D eigenvalue weighted by molar-refractivity contribution is -0.211. The first-order chi connectivity index (χ1) is 7.42. The molecule has 1 N–H and O–H groups in total. The maximum absolute atomic E-state index is 4.67. The Hall–Kier alpha value is -1.88. The SMILES string of the molecule is CCOOC=Nc1nccc2[nH]ccc12.